The van der Waals surface area contributed by atoms with Gasteiger partial charge < -0.3 is 9.80 Å². The van der Waals surface area contributed by atoms with Crippen molar-refractivity contribution >= 4 is 23.4 Å². The molecule has 1 aromatic rings. The standard InChI is InChI=1S/C20H24ClN3O2/c21-16-5-3-4-15(12-16)13-22-8-10-23(11-9-22)14-24-19(25)17-6-1-2-7-18(17)20(24)26/h1-5,12,17-18H,6-11,13-14H2/p+2/t17-,18-/m1/s1. The predicted molar refractivity (Wildman–Crippen MR) is 98.6 cm³/mol. The summed E-state index contributed by atoms with van der Waals surface area (Å²) in [6, 6.07) is 8.05. The molecule has 2 amide bonds. The number of carbonyl (C=O) groups excluding carboxylic acids is 2. The van der Waals surface area contributed by atoms with Gasteiger partial charge in [0, 0.05) is 10.6 Å². The van der Waals surface area contributed by atoms with Crippen LogP contribution in [0.25, 0.3) is 0 Å². The number of fused-ring (bicyclic) bond motifs is 1. The number of imide groups is 1. The van der Waals surface area contributed by atoms with Crippen LogP contribution in [-0.4, -0.2) is 49.6 Å². The van der Waals surface area contributed by atoms with Crippen molar-refractivity contribution in [3.63, 3.8) is 0 Å². The van der Waals surface area contributed by atoms with Crippen LogP contribution < -0.4 is 9.80 Å². The molecular formula is C20H26ClN3O2+2. The van der Waals surface area contributed by atoms with Gasteiger partial charge in [-0.1, -0.05) is 35.9 Å². The maximum absolute atomic E-state index is 12.6. The molecule has 1 aliphatic carbocycles. The first-order valence-electron chi connectivity index (χ1n) is 9.53. The molecule has 0 aromatic heterocycles. The Kier molecular flexibility index (Phi) is 5.11. The summed E-state index contributed by atoms with van der Waals surface area (Å²) >= 11 is 6.07. The molecule has 2 heterocycles. The molecule has 5 nitrogen and oxygen atoms in total. The zero-order valence-electron chi connectivity index (χ0n) is 14.9. The van der Waals surface area contributed by atoms with E-state index in [1.54, 1.807) is 4.90 Å². The highest BCUT2D eigenvalue weighted by Gasteiger charge is 2.48. The number of benzene rings is 1. The second kappa shape index (κ2) is 7.51. The third-order valence-corrected chi connectivity index (χ3v) is 6.22. The Morgan fingerprint density at radius 1 is 0.962 bits per heavy atom. The molecule has 1 aromatic carbocycles. The number of hydrogen-bond donors (Lipinski definition) is 2. The van der Waals surface area contributed by atoms with Gasteiger partial charge in [0.15, 0.2) is 6.67 Å². The van der Waals surface area contributed by atoms with E-state index in [0.29, 0.717) is 6.67 Å². The maximum Gasteiger partial charge on any atom is 0.237 e. The first-order valence-corrected chi connectivity index (χ1v) is 9.91. The zero-order chi connectivity index (χ0) is 18.1. The fourth-order valence-corrected chi connectivity index (χ4v) is 4.69. The lowest BCUT2D eigenvalue weighted by molar-refractivity contribution is -1.02. The third-order valence-electron chi connectivity index (χ3n) is 5.99. The molecule has 2 aliphatic heterocycles. The highest BCUT2D eigenvalue weighted by atomic mass is 35.5. The van der Waals surface area contributed by atoms with E-state index in [1.807, 2.05) is 30.4 Å². The summed E-state index contributed by atoms with van der Waals surface area (Å²) in [5.74, 6) is -0.126. The van der Waals surface area contributed by atoms with Crippen molar-refractivity contribution in [1.29, 1.82) is 0 Å². The van der Waals surface area contributed by atoms with E-state index in [-0.39, 0.29) is 23.7 Å². The van der Waals surface area contributed by atoms with Crippen LogP contribution in [0.3, 0.4) is 0 Å². The van der Waals surface area contributed by atoms with E-state index in [2.05, 4.69) is 6.07 Å². The van der Waals surface area contributed by atoms with Crippen LogP contribution in [0, 0.1) is 11.8 Å². The van der Waals surface area contributed by atoms with E-state index >= 15 is 0 Å². The van der Waals surface area contributed by atoms with Crippen LogP contribution in [0.4, 0.5) is 0 Å². The Balaban J connectivity index is 1.30. The smallest absolute Gasteiger partial charge is 0.237 e. The molecule has 6 heteroatoms. The van der Waals surface area contributed by atoms with Gasteiger partial charge in [0.05, 0.1) is 11.8 Å². The van der Waals surface area contributed by atoms with Crippen molar-refractivity contribution in [2.75, 3.05) is 32.8 Å². The second-order valence-corrected chi connectivity index (χ2v) is 8.16. The minimum absolute atomic E-state index is 0.0468. The lowest BCUT2D eigenvalue weighted by Gasteiger charge is -2.31. The molecule has 2 N–H and O–H groups in total. The molecule has 4 rings (SSSR count). The summed E-state index contributed by atoms with van der Waals surface area (Å²) in [5, 5.41) is 0.785. The molecular weight excluding hydrogens is 350 g/mol. The molecule has 2 fully saturated rings. The SMILES string of the molecule is O=C1[C@@H]2CC=CC[C@H]2C(=O)N1C[NH+]1CC[NH+](Cc2cccc(Cl)c2)CC1. The van der Waals surface area contributed by atoms with E-state index in [9.17, 15) is 9.59 Å². The lowest BCUT2D eigenvalue weighted by Crippen LogP contribution is -3.28. The van der Waals surface area contributed by atoms with Gasteiger partial charge in [-0.3, -0.25) is 9.59 Å². The molecule has 0 unspecified atom stereocenters. The first-order chi connectivity index (χ1) is 12.6. The molecule has 2 saturated heterocycles. The normalized spacial score (nSPS) is 31.3. The topological polar surface area (TPSA) is 46.3 Å². The van der Waals surface area contributed by atoms with Gasteiger partial charge in [-0.05, 0) is 25.0 Å². The maximum atomic E-state index is 12.6. The van der Waals surface area contributed by atoms with Crippen LogP contribution in [0.15, 0.2) is 36.4 Å². The van der Waals surface area contributed by atoms with Crippen LogP contribution in [0.2, 0.25) is 5.02 Å². The number of halogens is 1. The number of hydrogen-bond acceptors (Lipinski definition) is 2. The van der Waals surface area contributed by atoms with Gasteiger partial charge >= 0.3 is 0 Å². The van der Waals surface area contributed by atoms with Gasteiger partial charge in [-0.2, -0.15) is 0 Å². The van der Waals surface area contributed by atoms with Crippen molar-refractivity contribution in [1.82, 2.24) is 4.90 Å². The number of amides is 2. The number of rotatable bonds is 4. The van der Waals surface area contributed by atoms with Crippen molar-refractivity contribution in [2.45, 2.75) is 19.4 Å². The zero-order valence-corrected chi connectivity index (χ0v) is 15.7. The number of carbonyl (C=O) groups is 2. The van der Waals surface area contributed by atoms with Gasteiger partial charge in [-0.25, -0.2) is 4.90 Å². The summed E-state index contributed by atoms with van der Waals surface area (Å²) in [5.41, 5.74) is 1.26. The van der Waals surface area contributed by atoms with Crippen LogP contribution in [0.1, 0.15) is 18.4 Å². The lowest BCUT2D eigenvalue weighted by atomic mass is 9.85. The van der Waals surface area contributed by atoms with Crippen molar-refractivity contribution in [3.8, 4) is 0 Å². The molecule has 0 radical (unpaired) electrons. The summed E-state index contributed by atoms with van der Waals surface area (Å²) in [6.45, 7) is 5.58. The molecule has 2 atom stereocenters. The number of likely N-dealkylation sites (tertiary alicyclic amines) is 1. The average molecular weight is 376 g/mol. The van der Waals surface area contributed by atoms with Gasteiger partial charge in [0.25, 0.3) is 0 Å². The monoisotopic (exact) mass is 375 g/mol. The van der Waals surface area contributed by atoms with Crippen molar-refractivity contribution < 1.29 is 19.4 Å². The van der Waals surface area contributed by atoms with Crippen LogP contribution in [-0.2, 0) is 16.1 Å². The van der Waals surface area contributed by atoms with Crippen LogP contribution in [0.5, 0.6) is 0 Å². The third kappa shape index (κ3) is 3.56. The summed E-state index contributed by atoms with van der Waals surface area (Å²) in [4.78, 5) is 29.6. The van der Waals surface area contributed by atoms with E-state index in [4.69, 9.17) is 11.6 Å². The van der Waals surface area contributed by atoms with E-state index in [1.165, 1.54) is 15.4 Å². The van der Waals surface area contributed by atoms with Crippen molar-refractivity contribution in [2.24, 2.45) is 11.8 Å². The number of allylic oxidation sites excluding steroid dienone is 2. The minimum atomic E-state index is -0.110. The largest absolute Gasteiger partial charge is 0.322 e. The fraction of sp³-hybridized carbons (Fsp3) is 0.500. The molecule has 26 heavy (non-hydrogen) atoms. The van der Waals surface area contributed by atoms with E-state index in [0.717, 1.165) is 50.6 Å². The van der Waals surface area contributed by atoms with Crippen LogP contribution >= 0.6 is 11.6 Å². The Bertz CT molecular complexity index is 702. The van der Waals surface area contributed by atoms with Gasteiger partial charge in [-0.15, -0.1) is 0 Å². The second-order valence-electron chi connectivity index (χ2n) is 7.73. The number of nitrogens with one attached hydrogen (secondary N) is 2. The summed E-state index contributed by atoms with van der Waals surface area (Å²) in [6.07, 6.45) is 5.53. The Labute approximate surface area is 159 Å². The predicted octanol–water partition coefficient (Wildman–Crippen LogP) is -0.468. The van der Waals surface area contributed by atoms with Gasteiger partial charge in [0.2, 0.25) is 11.8 Å². The molecule has 0 saturated carbocycles. The Morgan fingerprint density at radius 3 is 2.19 bits per heavy atom. The quantitative estimate of drug-likeness (QED) is 0.552. The molecule has 0 bridgehead atoms. The molecule has 138 valence electrons. The summed E-state index contributed by atoms with van der Waals surface area (Å²) in [7, 11) is 0. The highest BCUT2D eigenvalue weighted by Crippen LogP contribution is 2.34. The Hall–Kier alpha value is -1.69. The number of piperazine rings is 1. The fourth-order valence-electron chi connectivity index (χ4n) is 4.48. The first kappa shape index (κ1) is 17.7. The number of nitrogens with zero attached hydrogens (tertiary/aromatic N) is 1. The van der Waals surface area contributed by atoms with Crippen molar-refractivity contribution in [3.05, 3.63) is 47.0 Å². The Morgan fingerprint density at radius 2 is 1.58 bits per heavy atom. The molecule has 0 spiro atoms. The minimum Gasteiger partial charge on any atom is -0.322 e. The van der Waals surface area contributed by atoms with E-state index < -0.39 is 0 Å². The summed E-state index contributed by atoms with van der Waals surface area (Å²) < 4.78 is 0. The van der Waals surface area contributed by atoms with Gasteiger partial charge in [0.1, 0.15) is 32.7 Å². The molecule has 3 aliphatic rings. The highest BCUT2D eigenvalue weighted by molar-refractivity contribution is 6.30. The number of quaternary nitrogens is 2. The average Bonchev–Trinajstić information content (AvgIpc) is 2.89.